The van der Waals surface area contributed by atoms with E-state index in [-0.39, 0.29) is 0 Å². The minimum absolute atomic E-state index is 0.351. The molecular formula is C10H21NO. The van der Waals surface area contributed by atoms with E-state index in [2.05, 4.69) is 13.8 Å². The Balaban J connectivity index is 2.59. The van der Waals surface area contributed by atoms with Gasteiger partial charge in [-0.2, -0.15) is 0 Å². The topological polar surface area (TPSA) is 35.2 Å². The summed E-state index contributed by atoms with van der Waals surface area (Å²) in [7, 11) is 1.80. The first-order chi connectivity index (χ1) is 5.66. The van der Waals surface area contributed by atoms with Crippen molar-refractivity contribution in [2.75, 3.05) is 7.11 Å². The van der Waals surface area contributed by atoms with Crippen molar-refractivity contribution in [1.82, 2.24) is 0 Å². The third kappa shape index (κ3) is 1.99. The molecule has 1 aliphatic rings. The van der Waals surface area contributed by atoms with E-state index >= 15 is 0 Å². The Bertz CT molecular complexity index is 136. The minimum atomic E-state index is 0.351. The van der Waals surface area contributed by atoms with Gasteiger partial charge in [0.25, 0.3) is 0 Å². The van der Waals surface area contributed by atoms with E-state index < -0.39 is 0 Å². The van der Waals surface area contributed by atoms with E-state index in [9.17, 15) is 0 Å². The molecule has 72 valence electrons. The first-order valence-corrected chi connectivity index (χ1v) is 4.95. The lowest BCUT2D eigenvalue weighted by molar-refractivity contribution is -0.00447. The van der Waals surface area contributed by atoms with E-state index in [0.717, 1.165) is 0 Å². The molecule has 0 saturated heterocycles. The molecule has 2 heteroatoms. The number of rotatable bonds is 2. The van der Waals surface area contributed by atoms with Crippen molar-refractivity contribution in [1.29, 1.82) is 0 Å². The van der Waals surface area contributed by atoms with Crippen LogP contribution in [0.25, 0.3) is 0 Å². The summed E-state index contributed by atoms with van der Waals surface area (Å²) in [4.78, 5) is 0. The summed E-state index contributed by atoms with van der Waals surface area (Å²) in [5, 5.41) is 0. The summed E-state index contributed by atoms with van der Waals surface area (Å²) in [5.74, 6) is 1.20. The largest absolute Gasteiger partial charge is 0.381 e. The molecule has 1 rings (SSSR count). The van der Waals surface area contributed by atoms with Gasteiger partial charge in [-0.15, -0.1) is 0 Å². The molecule has 0 heterocycles. The van der Waals surface area contributed by atoms with Crippen molar-refractivity contribution >= 4 is 0 Å². The average molecular weight is 171 g/mol. The molecule has 12 heavy (non-hydrogen) atoms. The lowest BCUT2D eigenvalue weighted by Crippen LogP contribution is -2.45. The van der Waals surface area contributed by atoms with Gasteiger partial charge >= 0.3 is 0 Å². The fourth-order valence-corrected chi connectivity index (χ4v) is 2.41. The molecule has 0 radical (unpaired) electrons. The standard InChI is InChI=1S/C10H21NO/c1-7(2)10-8(11)5-4-6-9(10)12-3/h7-10H,4-6,11H2,1-3H3. The smallest absolute Gasteiger partial charge is 0.0616 e. The molecule has 1 aliphatic carbocycles. The number of hydrogen-bond donors (Lipinski definition) is 1. The van der Waals surface area contributed by atoms with Crippen LogP contribution in [0.1, 0.15) is 33.1 Å². The van der Waals surface area contributed by atoms with Gasteiger partial charge in [0.05, 0.1) is 6.10 Å². The fraction of sp³-hybridized carbons (Fsp3) is 1.00. The summed E-state index contributed by atoms with van der Waals surface area (Å²) in [6, 6.07) is 0.351. The van der Waals surface area contributed by atoms with E-state index in [1.807, 2.05) is 0 Å². The highest BCUT2D eigenvalue weighted by molar-refractivity contribution is 4.86. The summed E-state index contributed by atoms with van der Waals surface area (Å²) < 4.78 is 5.46. The predicted octanol–water partition coefficient (Wildman–Crippen LogP) is 1.78. The maximum absolute atomic E-state index is 6.07. The Morgan fingerprint density at radius 3 is 2.42 bits per heavy atom. The highest BCUT2D eigenvalue weighted by Gasteiger charge is 2.33. The normalized spacial score (nSPS) is 37.2. The lowest BCUT2D eigenvalue weighted by atomic mass is 9.76. The molecule has 0 aromatic rings. The molecule has 0 spiro atoms. The van der Waals surface area contributed by atoms with Gasteiger partial charge in [0.15, 0.2) is 0 Å². The zero-order valence-corrected chi connectivity index (χ0v) is 8.42. The Hall–Kier alpha value is -0.0800. The monoisotopic (exact) mass is 171 g/mol. The van der Waals surface area contributed by atoms with Gasteiger partial charge in [-0.05, 0) is 25.2 Å². The Kier molecular flexibility index (Phi) is 3.53. The predicted molar refractivity (Wildman–Crippen MR) is 51.0 cm³/mol. The van der Waals surface area contributed by atoms with Crippen molar-refractivity contribution in [3.63, 3.8) is 0 Å². The number of nitrogens with two attached hydrogens (primary N) is 1. The average Bonchev–Trinajstić information content (AvgIpc) is 2.03. The second-order valence-corrected chi connectivity index (χ2v) is 4.19. The number of hydrogen-bond acceptors (Lipinski definition) is 2. The van der Waals surface area contributed by atoms with Crippen LogP contribution < -0.4 is 5.73 Å². The van der Waals surface area contributed by atoms with Crippen LogP contribution in [-0.2, 0) is 4.74 Å². The van der Waals surface area contributed by atoms with Gasteiger partial charge < -0.3 is 10.5 Å². The molecule has 0 aromatic heterocycles. The van der Waals surface area contributed by atoms with Gasteiger partial charge in [-0.3, -0.25) is 0 Å². The molecule has 2 N–H and O–H groups in total. The summed E-state index contributed by atoms with van der Waals surface area (Å²) in [6.07, 6.45) is 3.98. The SMILES string of the molecule is COC1CCCC(N)C1C(C)C. The van der Waals surface area contributed by atoms with Crippen LogP contribution in [0.5, 0.6) is 0 Å². The van der Waals surface area contributed by atoms with Crippen molar-refractivity contribution < 1.29 is 4.74 Å². The van der Waals surface area contributed by atoms with E-state index in [1.54, 1.807) is 7.11 Å². The molecular weight excluding hydrogens is 150 g/mol. The second kappa shape index (κ2) is 4.24. The summed E-state index contributed by atoms with van der Waals surface area (Å²) in [5.41, 5.74) is 6.07. The fourth-order valence-electron chi connectivity index (χ4n) is 2.41. The van der Waals surface area contributed by atoms with E-state index in [4.69, 9.17) is 10.5 Å². The van der Waals surface area contributed by atoms with Crippen LogP contribution in [0, 0.1) is 11.8 Å². The number of methoxy groups -OCH3 is 1. The second-order valence-electron chi connectivity index (χ2n) is 4.19. The molecule has 2 nitrogen and oxygen atoms in total. The molecule has 3 atom stereocenters. The van der Waals surface area contributed by atoms with Crippen molar-refractivity contribution in [3.8, 4) is 0 Å². The highest BCUT2D eigenvalue weighted by atomic mass is 16.5. The zero-order valence-electron chi connectivity index (χ0n) is 8.42. The first kappa shape index (κ1) is 10.0. The van der Waals surface area contributed by atoms with Gasteiger partial charge in [0.2, 0.25) is 0 Å². The van der Waals surface area contributed by atoms with E-state index in [0.29, 0.717) is 24.0 Å². The first-order valence-electron chi connectivity index (χ1n) is 4.95. The van der Waals surface area contributed by atoms with Gasteiger partial charge in [0, 0.05) is 19.1 Å². The Morgan fingerprint density at radius 1 is 1.33 bits per heavy atom. The van der Waals surface area contributed by atoms with Crippen molar-refractivity contribution in [2.24, 2.45) is 17.6 Å². The molecule has 0 bridgehead atoms. The summed E-state index contributed by atoms with van der Waals surface area (Å²) in [6.45, 7) is 4.48. The van der Waals surface area contributed by atoms with Crippen LogP contribution in [0.2, 0.25) is 0 Å². The van der Waals surface area contributed by atoms with Gasteiger partial charge in [-0.1, -0.05) is 13.8 Å². The van der Waals surface area contributed by atoms with Crippen LogP contribution in [0.3, 0.4) is 0 Å². The molecule has 0 aromatic carbocycles. The van der Waals surface area contributed by atoms with Crippen LogP contribution in [0.15, 0.2) is 0 Å². The van der Waals surface area contributed by atoms with Gasteiger partial charge in [-0.25, -0.2) is 0 Å². The third-order valence-corrected chi connectivity index (χ3v) is 3.02. The van der Waals surface area contributed by atoms with Gasteiger partial charge in [0.1, 0.15) is 0 Å². The molecule has 1 fully saturated rings. The molecule has 3 unspecified atom stereocenters. The van der Waals surface area contributed by atoms with Crippen molar-refractivity contribution in [2.45, 2.75) is 45.3 Å². The minimum Gasteiger partial charge on any atom is -0.381 e. The Morgan fingerprint density at radius 2 is 2.00 bits per heavy atom. The quantitative estimate of drug-likeness (QED) is 0.687. The maximum Gasteiger partial charge on any atom is 0.0616 e. The lowest BCUT2D eigenvalue weighted by Gasteiger charge is -2.37. The molecule has 0 amide bonds. The number of ether oxygens (including phenoxy) is 1. The van der Waals surface area contributed by atoms with Crippen molar-refractivity contribution in [3.05, 3.63) is 0 Å². The zero-order chi connectivity index (χ0) is 9.14. The van der Waals surface area contributed by atoms with Crippen LogP contribution in [0.4, 0.5) is 0 Å². The van der Waals surface area contributed by atoms with Crippen LogP contribution >= 0.6 is 0 Å². The summed E-state index contributed by atoms with van der Waals surface area (Å²) >= 11 is 0. The van der Waals surface area contributed by atoms with Crippen LogP contribution in [-0.4, -0.2) is 19.3 Å². The molecule has 0 aliphatic heterocycles. The van der Waals surface area contributed by atoms with E-state index in [1.165, 1.54) is 19.3 Å². The molecule has 1 saturated carbocycles. The third-order valence-electron chi connectivity index (χ3n) is 3.02. The Labute approximate surface area is 75.5 Å². The maximum atomic E-state index is 6.07. The highest BCUT2D eigenvalue weighted by Crippen LogP contribution is 2.30.